The number of thiocarbonyl (C=S) groups is 1. The summed E-state index contributed by atoms with van der Waals surface area (Å²) < 4.78 is 6.46. The Balaban J connectivity index is 1.58. The monoisotopic (exact) mass is 366 g/mol. The molecule has 26 heavy (non-hydrogen) atoms. The molecular weight excluding hydrogens is 348 g/mol. The zero-order valence-corrected chi connectivity index (χ0v) is 14.9. The summed E-state index contributed by atoms with van der Waals surface area (Å²) in [6.07, 6.45) is 2.11. The van der Waals surface area contributed by atoms with Crippen LogP contribution in [0.5, 0.6) is 5.95 Å². The number of nitrogens with one attached hydrogen (secondary N) is 1. The minimum atomic E-state index is -0.443. The van der Waals surface area contributed by atoms with Crippen molar-refractivity contribution >= 4 is 23.0 Å². The average Bonchev–Trinajstić information content (AvgIpc) is 3.44. The van der Waals surface area contributed by atoms with E-state index in [1.54, 1.807) is 4.68 Å². The summed E-state index contributed by atoms with van der Waals surface area (Å²) in [5.74, 6) is -0.443. The number of hydrogen-bond donors (Lipinski definition) is 1. The van der Waals surface area contributed by atoms with Gasteiger partial charge in [-0.2, -0.15) is 0 Å². The van der Waals surface area contributed by atoms with Gasteiger partial charge in [0.1, 0.15) is 6.54 Å². The molecule has 2 aromatic carbocycles. The van der Waals surface area contributed by atoms with Crippen LogP contribution in [0.3, 0.4) is 0 Å². The number of nitrogens with zero attached hydrogens (tertiary/aromatic N) is 3. The van der Waals surface area contributed by atoms with Gasteiger partial charge in [-0.3, -0.25) is 0 Å². The first-order valence-electron chi connectivity index (χ1n) is 8.48. The lowest BCUT2D eigenvalue weighted by Crippen LogP contribution is -2.43. The Labute approximate surface area is 156 Å². The van der Waals surface area contributed by atoms with Crippen LogP contribution in [0, 0.1) is 0 Å². The highest BCUT2D eigenvalue weighted by Crippen LogP contribution is 2.30. The molecule has 132 valence electrons. The third kappa shape index (κ3) is 3.52. The SMILES string of the molecule is [O-]c1on[n+](-c2ccccc2)c1CN(C(=S)Nc1ccccc1)C1CC1. The lowest BCUT2D eigenvalue weighted by Gasteiger charge is -2.24. The highest BCUT2D eigenvalue weighted by atomic mass is 32.1. The molecule has 7 heteroatoms. The van der Waals surface area contributed by atoms with Gasteiger partial charge < -0.3 is 19.8 Å². The van der Waals surface area contributed by atoms with Crippen molar-refractivity contribution in [3.05, 3.63) is 66.4 Å². The number of aromatic nitrogens is 2. The van der Waals surface area contributed by atoms with E-state index < -0.39 is 5.95 Å². The van der Waals surface area contributed by atoms with Gasteiger partial charge in [-0.1, -0.05) is 36.4 Å². The van der Waals surface area contributed by atoms with Crippen LogP contribution < -0.4 is 15.1 Å². The van der Waals surface area contributed by atoms with Gasteiger partial charge in [0.25, 0.3) is 5.69 Å². The first-order chi connectivity index (χ1) is 12.7. The third-order valence-corrected chi connectivity index (χ3v) is 4.63. The topological polar surface area (TPSA) is 68.2 Å². The van der Waals surface area contributed by atoms with Crippen LogP contribution in [-0.2, 0) is 6.54 Å². The van der Waals surface area contributed by atoms with Gasteiger partial charge >= 0.3 is 0 Å². The second kappa shape index (κ2) is 7.13. The van der Waals surface area contributed by atoms with Gasteiger partial charge in [-0.05, 0) is 41.9 Å². The summed E-state index contributed by atoms with van der Waals surface area (Å²) in [7, 11) is 0. The number of hydrogen-bond acceptors (Lipinski definition) is 4. The molecule has 1 aliphatic carbocycles. The Kier molecular flexibility index (Phi) is 4.53. The third-order valence-electron chi connectivity index (χ3n) is 4.29. The molecule has 1 heterocycles. The molecule has 0 atom stereocenters. The summed E-state index contributed by atoms with van der Waals surface area (Å²) in [5, 5.41) is 20.0. The first kappa shape index (κ1) is 16.5. The van der Waals surface area contributed by atoms with Crippen molar-refractivity contribution in [3.63, 3.8) is 0 Å². The molecule has 6 nitrogen and oxygen atoms in total. The fourth-order valence-corrected chi connectivity index (χ4v) is 3.13. The Morgan fingerprint density at radius 2 is 1.81 bits per heavy atom. The molecule has 0 aliphatic heterocycles. The predicted molar refractivity (Wildman–Crippen MR) is 98.7 cm³/mol. The molecule has 4 rings (SSSR count). The molecule has 0 unspecified atom stereocenters. The van der Waals surface area contributed by atoms with E-state index in [1.165, 1.54) is 0 Å². The van der Waals surface area contributed by atoms with Gasteiger partial charge in [0.15, 0.2) is 11.1 Å². The van der Waals surface area contributed by atoms with Crippen molar-refractivity contribution in [1.82, 2.24) is 10.2 Å². The Bertz CT molecular complexity index is 894. The lowest BCUT2D eigenvalue weighted by molar-refractivity contribution is -0.678. The molecule has 0 saturated heterocycles. The van der Waals surface area contributed by atoms with E-state index in [9.17, 15) is 5.11 Å². The predicted octanol–water partition coefficient (Wildman–Crippen LogP) is 2.39. The summed E-state index contributed by atoms with van der Waals surface area (Å²) >= 11 is 5.60. The number of rotatable bonds is 5. The minimum Gasteiger partial charge on any atom is -0.539 e. The molecule has 1 saturated carbocycles. The largest absolute Gasteiger partial charge is 0.539 e. The minimum absolute atomic E-state index is 0.331. The van der Waals surface area contributed by atoms with E-state index in [0.29, 0.717) is 23.4 Å². The van der Waals surface area contributed by atoms with Crippen LogP contribution in [-0.4, -0.2) is 21.3 Å². The van der Waals surface area contributed by atoms with Crippen molar-refractivity contribution in [2.75, 3.05) is 5.32 Å². The van der Waals surface area contributed by atoms with Crippen molar-refractivity contribution in [2.45, 2.75) is 25.4 Å². The second-order valence-corrected chi connectivity index (χ2v) is 6.60. The number of benzene rings is 2. The second-order valence-electron chi connectivity index (χ2n) is 6.21. The maximum absolute atomic E-state index is 12.2. The Hall–Kier alpha value is -2.93. The molecule has 1 aromatic heterocycles. The maximum atomic E-state index is 12.2. The molecule has 1 N–H and O–H groups in total. The quantitative estimate of drug-likeness (QED) is 0.552. The van der Waals surface area contributed by atoms with Gasteiger partial charge in [0.2, 0.25) is 5.69 Å². The zero-order valence-electron chi connectivity index (χ0n) is 14.0. The molecule has 1 fully saturated rings. The summed E-state index contributed by atoms with van der Waals surface area (Å²) in [6.45, 7) is 0.348. The van der Waals surface area contributed by atoms with E-state index >= 15 is 0 Å². The van der Waals surface area contributed by atoms with Crippen molar-refractivity contribution in [2.24, 2.45) is 0 Å². The highest BCUT2D eigenvalue weighted by molar-refractivity contribution is 7.80. The molecule has 1 aliphatic rings. The smallest absolute Gasteiger partial charge is 0.259 e. The van der Waals surface area contributed by atoms with Crippen molar-refractivity contribution in [3.8, 4) is 11.6 Å². The van der Waals surface area contributed by atoms with Gasteiger partial charge in [0, 0.05) is 23.9 Å². The zero-order chi connectivity index (χ0) is 17.9. The summed E-state index contributed by atoms with van der Waals surface area (Å²) in [4.78, 5) is 2.04. The van der Waals surface area contributed by atoms with Crippen LogP contribution in [0.1, 0.15) is 18.5 Å². The Morgan fingerprint density at radius 3 is 2.46 bits per heavy atom. The highest BCUT2D eigenvalue weighted by Gasteiger charge is 2.34. The van der Waals surface area contributed by atoms with Crippen molar-refractivity contribution in [1.29, 1.82) is 0 Å². The van der Waals surface area contributed by atoms with E-state index in [1.807, 2.05) is 65.6 Å². The van der Waals surface area contributed by atoms with Gasteiger partial charge in [0.05, 0.1) is 5.27 Å². The molecule has 3 aromatic rings. The first-order valence-corrected chi connectivity index (χ1v) is 8.89. The normalized spacial score (nSPS) is 13.4. The average molecular weight is 366 g/mol. The number of para-hydroxylation sites is 2. The maximum Gasteiger partial charge on any atom is 0.259 e. The van der Waals surface area contributed by atoms with Gasteiger partial charge in [-0.25, -0.2) is 0 Å². The number of anilines is 1. The van der Waals surface area contributed by atoms with Crippen LogP contribution in [0.2, 0.25) is 0 Å². The fraction of sp³-hybridized carbons (Fsp3) is 0.211. The van der Waals surface area contributed by atoms with Crippen LogP contribution in [0.15, 0.2) is 65.2 Å². The molecule has 0 bridgehead atoms. The standard InChI is InChI=1S/C19H18N4O2S/c24-18-17(23(21-25-18)16-9-5-2-6-10-16)13-22(15-11-12-15)19(26)20-14-7-3-1-4-8-14/h1-10,15H,11-13H2,(H-,20,21,24,26). The lowest BCUT2D eigenvalue weighted by atomic mass is 10.3. The van der Waals surface area contributed by atoms with E-state index in [4.69, 9.17) is 16.7 Å². The van der Waals surface area contributed by atoms with Crippen LogP contribution in [0.4, 0.5) is 5.69 Å². The van der Waals surface area contributed by atoms with Crippen LogP contribution >= 0.6 is 12.2 Å². The van der Waals surface area contributed by atoms with E-state index in [0.717, 1.165) is 24.2 Å². The summed E-state index contributed by atoms with van der Waals surface area (Å²) in [6, 6.07) is 19.6. The Morgan fingerprint density at radius 1 is 1.15 bits per heavy atom. The molecule has 0 radical (unpaired) electrons. The molecular formula is C19H18N4O2S. The fourth-order valence-electron chi connectivity index (χ4n) is 2.80. The van der Waals surface area contributed by atoms with E-state index in [-0.39, 0.29) is 0 Å². The molecule has 0 spiro atoms. The van der Waals surface area contributed by atoms with Crippen LogP contribution in [0.25, 0.3) is 5.69 Å². The summed E-state index contributed by atoms with van der Waals surface area (Å²) in [5.41, 5.74) is 2.16. The van der Waals surface area contributed by atoms with Crippen molar-refractivity contribution < 1.29 is 14.3 Å². The van der Waals surface area contributed by atoms with Gasteiger partial charge in [-0.15, -0.1) is 0 Å². The molecule has 0 amide bonds. The van der Waals surface area contributed by atoms with E-state index in [2.05, 4.69) is 10.6 Å².